The fourth-order valence-corrected chi connectivity index (χ4v) is 0.543. The number of nitrogens with two attached hydrogens (primary N) is 2. The summed E-state index contributed by atoms with van der Waals surface area (Å²) in [7, 11) is 0. The Bertz CT molecular complexity index is 267. The Morgan fingerprint density at radius 1 is 1.64 bits per heavy atom. The average molecular weight is 157 g/mol. The fraction of sp³-hybridized carbons (Fsp3) is 0.250. The van der Waals surface area contributed by atoms with Crippen LogP contribution in [0.5, 0.6) is 0 Å². The molecule has 0 spiro atoms. The largest absolute Gasteiger partial charge is 0.409 e. The molecule has 1 aromatic rings. The second-order valence-electron chi connectivity index (χ2n) is 1.86. The molecule has 0 amide bonds. The van der Waals surface area contributed by atoms with Crippen LogP contribution in [0.1, 0.15) is 5.69 Å². The minimum Gasteiger partial charge on any atom is -0.409 e. The highest BCUT2D eigenvalue weighted by Gasteiger charge is 2.07. The molecule has 7 nitrogen and oxygen atoms in total. The molecule has 1 rings (SSSR count). The van der Waals surface area contributed by atoms with Gasteiger partial charge in [-0.25, -0.2) is 4.63 Å². The van der Waals surface area contributed by atoms with Gasteiger partial charge in [0.25, 0.3) is 0 Å². The van der Waals surface area contributed by atoms with Gasteiger partial charge in [-0.1, -0.05) is 10.3 Å². The lowest BCUT2D eigenvalue weighted by Gasteiger charge is -1.91. The summed E-state index contributed by atoms with van der Waals surface area (Å²) >= 11 is 0. The summed E-state index contributed by atoms with van der Waals surface area (Å²) in [5.74, 6) is 0.156. The quantitative estimate of drug-likeness (QED) is 0.217. The van der Waals surface area contributed by atoms with Crippen molar-refractivity contribution in [3.8, 4) is 0 Å². The van der Waals surface area contributed by atoms with Crippen LogP contribution in [0.25, 0.3) is 0 Å². The van der Waals surface area contributed by atoms with Gasteiger partial charge in [0.15, 0.2) is 5.82 Å². The van der Waals surface area contributed by atoms with Crippen LogP contribution in [0.2, 0.25) is 0 Å². The second kappa shape index (κ2) is 2.86. The highest BCUT2D eigenvalue weighted by atomic mass is 16.6. The molecule has 0 unspecified atom stereocenters. The van der Waals surface area contributed by atoms with Crippen LogP contribution in [0, 0.1) is 0 Å². The van der Waals surface area contributed by atoms with Crippen molar-refractivity contribution >= 4 is 11.7 Å². The first kappa shape index (κ1) is 7.32. The smallest absolute Gasteiger partial charge is 0.191 e. The molecule has 5 N–H and O–H groups in total. The van der Waals surface area contributed by atoms with Crippen LogP contribution < -0.4 is 11.5 Å². The van der Waals surface area contributed by atoms with Crippen molar-refractivity contribution < 1.29 is 9.84 Å². The molecule has 0 aromatic carbocycles. The number of aromatic nitrogens is 2. The van der Waals surface area contributed by atoms with E-state index in [1.54, 1.807) is 0 Å². The van der Waals surface area contributed by atoms with Gasteiger partial charge in [0.1, 0.15) is 11.5 Å². The lowest BCUT2D eigenvalue weighted by Crippen LogP contribution is -2.15. The minimum atomic E-state index is 0.00685. The molecule has 0 radical (unpaired) electrons. The topological polar surface area (TPSA) is 124 Å². The van der Waals surface area contributed by atoms with E-state index in [4.69, 9.17) is 16.7 Å². The summed E-state index contributed by atoms with van der Waals surface area (Å²) in [4.78, 5) is 0. The third-order valence-corrected chi connectivity index (χ3v) is 1.06. The van der Waals surface area contributed by atoms with Crippen molar-refractivity contribution in [1.82, 2.24) is 10.3 Å². The number of oxime groups is 1. The van der Waals surface area contributed by atoms with Crippen LogP contribution in [0.3, 0.4) is 0 Å². The van der Waals surface area contributed by atoms with Crippen LogP contribution in [0.15, 0.2) is 9.78 Å². The zero-order valence-electron chi connectivity index (χ0n) is 5.56. The molecule has 0 aliphatic rings. The molecule has 0 bridgehead atoms. The molecule has 0 saturated heterocycles. The number of rotatable bonds is 2. The molecular weight excluding hydrogens is 150 g/mol. The third-order valence-electron chi connectivity index (χ3n) is 1.06. The third kappa shape index (κ3) is 1.57. The van der Waals surface area contributed by atoms with Crippen LogP contribution in [-0.2, 0) is 6.42 Å². The molecule has 60 valence electrons. The lowest BCUT2D eigenvalue weighted by molar-refractivity contribution is 0.304. The molecule has 0 atom stereocenters. The van der Waals surface area contributed by atoms with Gasteiger partial charge in [-0.05, 0) is 5.16 Å². The summed E-state index contributed by atoms with van der Waals surface area (Å²) in [5, 5.41) is 17.6. The van der Waals surface area contributed by atoms with Gasteiger partial charge >= 0.3 is 0 Å². The maximum Gasteiger partial charge on any atom is 0.191 e. The molecule has 0 saturated carbocycles. The van der Waals surface area contributed by atoms with Crippen molar-refractivity contribution in [1.29, 1.82) is 0 Å². The standard InChI is InChI=1S/C4H7N5O2/c5-3(7-10)1-2-4(6)9-11-8-2/h10H,1H2,(H2,5,7)(H2,6,9). The zero-order chi connectivity index (χ0) is 8.27. The normalized spacial score (nSPS) is 11.8. The number of anilines is 1. The lowest BCUT2D eigenvalue weighted by atomic mass is 10.3. The molecule has 7 heteroatoms. The number of nitrogens with zero attached hydrogens (tertiary/aromatic N) is 3. The highest BCUT2D eigenvalue weighted by molar-refractivity contribution is 5.82. The Balaban J connectivity index is 2.72. The zero-order valence-corrected chi connectivity index (χ0v) is 5.56. The molecule has 11 heavy (non-hydrogen) atoms. The van der Waals surface area contributed by atoms with Gasteiger partial charge in [0.05, 0.1) is 6.42 Å². The van der Waals surface area contributed by atoms with E-state index in [1.165, 1.54) is 0 Å². The van der Waals surface area contributed by atoms with Gasteiger partial charge in [-0.3, -0.25) is 0 Å². The highest BCUT2D eigenvalue weighted by Crippen LogP contribution is 2.03. The second-order valence-corrected chi connectivity index (χ2v) is 1.86. The maximum atomic E-state index is 8.17. The monoisotopic (exact) mass is 157 g/mol. The van der Waals surface area contributed by atoms with E-state index in [-0.39, 0.29) is 18.1 Å². The number of amidine groups is 1. The predicted molar refractivity (Wildman–Crippen MR) is 35.8 cm³/mol. The Morgan fingerprint density at radius 2 is 2.36 bits per heavy atom. The Hall–Kier alpha value is -1.79. The molecule has 0 fully saturated rings. The summed E-state index contributed by atoms with van der Waals surface area (Å²) in [5.41, 5.74) is 10.8. The molecular formula is C4H7N5O2. The maximum absolute atomic E-state index is 8.17. The van der Waals surface area contributed by atoms with Crippen LogP contribution >= 0.6 is 0 Å². The summed E-state index contributed by atoms with van der Waals surface area (Å²) in [6, 6.07) is 0. The van der Waals surface area contributed by atoms with Gasteiger partial charge in [0, 0.05) is 0 Å². The SMILES string of the molecule is NC(Cc1nonc1N)=NO. The number of hydrogen-bond donors (Lipinski definition) is 3. The molecule has 1 aromatic heterocycles. The van der Waals surface area contributed by atoms with E-state index in [0.717, 1.165) is 0 Å². The minimum absolute atomic E-state index is 0.00685. The molecule has 1 heterocycles. The number of hydrogen-bond acceptors (Lipinski definition) is 6. The first-order valence-electron chi connectivity index (χ1n) is 2.77. The summed E-state index contributed by atoms with van der Waals surface area (Å²) in [6.07, 6.45) is 0.131. The van der Waals surface area contributed by atoms with E-state index in [9.17, 15) is 0 Å². The molecule has 0 aliphatic heterocycles. The van der Waals surface area contributed by atoms with Gasteiger partial charge < -0.3 is 16.7 Å². The first-order chi connectivity index (χ1) is 5.24. The summed E-state index contributed by atoms with van der Waals surface area (Å²) in [6.45, 7) is 0. The van der Waals surface area contributed by atoms with Crippen molar-refractivity contribution in [3.63, 3.8) is 0 Å². The van der Waals surface area contributed by atoms with E-state index in [0.29, 0.717) is 5.69 Å². The van der Waals surface area contributed by atoms with Crippen molar-refractivity contribution in [2.45, 2.75) is 6.42 Å². The fourth-order valence-electron chi connectivity index (χ4n) is 0.543. The van der Waals surface area contributed by atoms with Gasteiger partial charge in [-0.2, -0.15) is 0 Å². The summed E-state index contributed by atoms with van der Waals surface area (Å²) < 4.78 is 4.27. The van der Waals surface area contributed by atoms with E-state index in [1.807, 2.05) is 0 Å². The van der Waals surface area contributed by atoms with Crippen LogP contribution in [0.4, 0.5) is 5.82 Å². The first-order valence-corrected chi connectivity index (χ1v) is 2.77. The average Bonchev–Trinajstić information content (AvgIpc) is 2.37. The Kier molecular flexibility index (Phi) is 1.90. The van der Waals surface area contributed by atoms with Crippen LogP contribution in [-0.4, -0.2) is 21.4 Å². The number of nitrogen functional groups attached to an aromatic ring is 1. The Labute approximate surface area is 61.6 Å². The predicted octanol–water partition coefficient (Wildman–Crippen LogP) is -1.06. The molecule has 0 aliphatic carbocycles. The van der Waals surface area contributed by atoms with E-state index in [2.05, 4.69) is 20.1 Å². The van der Waals surface area contributed by atoms with Gasteiger partial charge in [0.2, 0.25) is 0 Å². The van der Waals surface area contributed by atoms with E-state index >= 15 is 0 Å². The van der Waals surface area contributed by atoms with E-state index < -0.39 is 0 Å². The van der Waals surface area contributed by atoms with Crippen molar-refractivity contribution in [2.75, 3.05) is 5.73 Å². The van der Waals surface area contributed by atoms with Crippen molar-refractivity contribution in [2.24, 2.45) is 10.9 Å². The van der Waals surface area contributed by atoms with Gasteiger partial charge in [-0.15, -0.1) is 0 Å². The van der Waals surface area contributed by atoms with Crippen molar-refractivity contribution in [3.05, 3.63) is 5.69 Å². The Morgan fingerprint density at radius 3 is 2.82 bits per heavy atom.